The van der Waals surface area contributed by atoms with Crippen LogP contribution in [-0.2, 0) is 42.6 Å². The lowest BCUT2D eigenvalue weighted by molar-refractivity contribution is -0.0282. The lowest BCUT2D eigenvalue weighted by Crippen LogP contribution is -2.15. The third-order valence-electron chi connectivity index (χ3n) is 4.04. The second-order valence-electron chi connectivity index (χ2n) is 6.71. The number of aliphatic hydroxyl groups is 1. The van der Waals surface area contributed by atoms with Crippen molar-refractivity contribution in [1.29, 1.82) is 0 Å². The number of aliphatic hydroxyl groups excluding tert-OH is 1. The molecule has 0 aliphatic rings. The molecule has 0 amide bonds. The Morgan fingerprint density at radius 3 is 0.938 bits per heavy atom. The minimum absolute atomic E-state index is 0.0319. The Morgan fingerprint density at radius 1 is 0.438 bits per heavy atom. The zero-order valence-corrected chi connectivity index (χ0v) is 20.1. The quantitative estimate of drug-likeness (QED) is 0.166. The average Bonchev–Trinajstić information content (AvgIpc) is 2.81. The van der Waals surface area contributed by atoms with Crippen LogP contribution in [0.2, 0.25) is 0 Å². The average molecular weight is 471 g/mol. The first-order chi connectivity index (χ1) is 15.8. The minimum Gasteiger partial charge on any atom is -0.394 e. The molecule has 0 aliphatic heterocycles. The fraction of sp³-hybridized carbons (Fsp3) is 1.00. The molecule has 0 fully saturated rings. The number of hydrogen-bond acceptors (Lipinski definition) is 10. The van der Waals surface area contributed by atoms with Crippen molar-refractivity contribution in [3.63, 3.8) is 0 Å². The van der Waals surface area contributed by atoms with Gasteiger partial charge in [0.05, 0.1) is 125 Å². The molecule has 1 unspecified atom stereocenters. The molecule has 0 aromatic rings. The van der Waals surface area contributed by atoms with E-state index in [0.717, 1.165) is 6.42 Å². The third kappa shape index (κ3) is 27.6. The van der Waals surface area contributed by atoms with E-state index in [9.17, 15) is 0 Å². The molecule has 0 saturated carbocycles. The highest BCUT2D eigenvalue weighted by atomic mass is 16.6. The summed E-state index contributed by atoms with van der Waals surface area (Å²) in [4.78, 5) is 0. The van der Waals surface area contributed by atoms with Crippen LogP contribution in [-0.4, -0.2) is 130 Å². The number of ether oxygens (including phenoxy) is 9. The molecule has 0 heterocycles. The van der Waals surface area contributed by atoms with E-state index >= 15 is 0 Å². The van der Waals surface area contributed by atoms with Crippen molar-refractivity contribution < 1.29 is 47.7 Å². The molecule has 0 aromatic heterocycles. The summed E-state index contributed by atoms with van der Waals surface area (Å²) in [5.41, 5.74) is 0. The van der Waals surface area contributed by atoms with Gasteiger partial charge in [-0.15, -0.1) is 0 Å². The van der Waals surface area contributed by atoms with Gasteiger partial charge in [-0.05, 0) is 13.3 Å². The minimum atomic E-state index is 0.0319. The van der Waals surface area contributed by atoms with Crippen molar-refractivity contribution >= 4 is 0 Å². The van der Waals surface area contributed by atoms with E-state index in [1.807, 2.05) is 0 Å². The Hall–Kier alpha value is -0.400. The Morgan fingerprint density at radius 2 is 0.688 bits per heavy atom. The second-order valence-corrected chi connectivity index (χ2v) is 6.71. The molecule has 0 saturated heterocycles. The van der Waals surface area contributed by atoms with Crippen LogP contribution >= 0.6 is 0 Å². The van der Waals surface area contributed by atoms with Gasteiger partial charge in [0, 0.05) is 0 Å². The van der Waals surface area contributed by atoms with Crippen LogP contribution in [0.5, 0.6) is 0 Å². The summed E-state index contributed by atoms with van der Waals surface area (Å²) in [6.07, 6.45) is 1.30. The van der Waals surface area contributed by atoms with Gasteiger partial charge in [0.15, 0.2) is 0 Å². The number of rotatable bonds is 28. The van der Waals surface area contributed by atoms with Crippen LogP contribution in [0.15, 0.2) is 0 Å². The molecule has 0 aromatic carbocycles. The van der Waals surface area contributed by atoms with Gasteiger partial charge >= 0.3 is 0 Å². The Bertz CT molecular complexity index is 336. The van der Waals surface area contributed by atoms with Crippen LogP contribution in [0, 0.1) is 0 Å². The van der Waals surface area contributed by atoms with E-state index in [4.69, 9.17) is 47.7 Å². The first-order valence-corrected chi connectivity index (χ1v) is 11.7. The van der Waals surface area contributed by atoms with Crippen molar-refractivity contribution in [2.24, 2.45) is 0 Å². The fourth-order valence-electron chi connectivity index (χ4n) is 2.13. The first kappa shape index (κ1) is 31.6. The van der Waals surface area contributed by atoms with Crippen molar-refractivity contribution in [2.45, 2.75) is 26.4 Å². The van der Waals surface area contributed by atoms with Gasteiger partial charge in [0.2, 0.25) is 0 Å². The molecule has 10 nitrogen and oxygen atoms in total. The summed E-state index contributed by atoms with van der Waals surface area (Å²) in [5.74, 6) is 0. The second kappa shape index (κ2) is 28.6. The van der Waals surface area contributed by atoms with Crippen LogP contribution in [0.4, 0.5) is 0 Å². The smallest absolute Gasteiger partial charge is 0.0704 e. The summed E-state index contributed by atoms with van der Waals surface area (Å²) in [5, 5.41) is 8.54. The molecular weight excluding hydrogens is 424 g/mol. The fourth-order valence-corrected chi connectivity index (χ4v) is 2.13. The van der Waals surface area contributed by atoms with Gasteiger partial charge in [0.25, 0.3) is 0 Å². The Labute approximate surface area is 193 Å². The Balaban J connectivity index is 3.01. The third-order valence-corrected chi connectivity index (χ3v) is 4.04. The molecule has 0 rings (SSSR count). The van der Waals surface area contributed by atoms with Crippen LogP contribution in [0.1, 0.15) is 20.3 Å². The van der Waals surface area contributed by atoms with Gasteiger partial charge in [-0.3, -0.25) is 0 Å². The molecule has 0 spiro atoms. The molecule has 1 atom stereocenters. The van der Waals surface area contributed by atoms with E-state index in [1.165, 1.54) is 0 Å². The summed E-state index contributed by atoms with van der Waals surface area (Å²) in [6.45, 7) is 13.1. The molecule has 0 aliphatic carbocycles. The molecular formula is C22H46O10. The van der Waals surface area contributed by atoms with Gasteiger partial charge < -0.3 is 47.7 Å². The largest absolute Gasteiger partial charge is 0.394 e. The van der Waals surface area contributed by atoms with Crippen molar-refractivity contribution in [1.82, 2.24) is 0 Å². The lowest BCUT2D eigenvalue weighted by Gasteiger charge is -2.11. The molecule has 194 valence electrons. The van der Waals surface area contributed by atoms with E-state index < -0.39 is 0 Å². The maximum atomic E-state index is 8.54. The summed E-state index contributed by atoms with van der Waals surface area (Å²) in [6, 6.07) is 0. The normalized spacial score (nSPS) is 12.5. The zero-order chi connectivity index (χ0) is 23.4. The standard InChI is InChI=1S/C22H46O10/c1-3-22(2)32-21-20-31-19-18-30-17-16-29-15-14-28-13-12-27-11-10-26-9-8-25-7-6-24-5-4-23/h22-23H,3-21H2,1-2H3. The van der Waals surface area contributed by atoms with E-state index in [2.05, 4.69) is 13.8 Å². The predicted molar refractivity (Wildman–Crippen MR) is 119 cm³/mol. The van der Waals surface area contributed by atoms with Crippen molar-refractivity contribution in [3.8, 4) is 0 Å². The Kier molecular flexibility index (Phi) is 28.3. The maximum absolute atomic E-state index is 8.54. The zero-order valence-electron chi connectivity index (χ0n) is 20.1. The lowest BCUT2D eigenvalue weighted by atomic mass is 10.3. The van der Waals surface area contributed by atoms with Crippen molar-refractivity contribution in [2.75, 3.05) is 119 Å². The van der Waals surface area contributed by atoms with Crippen molar-refractivity contribution in [3.05, 3.63) is 0 Å². The van der Waals surface area contributed by atoms with Crippen LogP contribution in [0.25, 0.3) is 0 Å². The highest BCUT2D eigenvalue weighted by Crippen LogP contribution is 1.94. The molecule has 10 heteroatoms. The van der Waals surface area contributed by atoms with E-state index in [1.54, 1.807) is 0 Å². The van der Waals surface area contributed by atoms with Crippen LogP contribution in [0.3, 0.4) is 0 Å². The monoisotopic (exact) mass is 470 g/mol. The summed E-state index contributed by atoms with van der Waals surface area (Å²) >= 11 is 0. The maximum Gasteiger partial charge on any atom is 0.0704 e. The van der Waals surface area contributed by atoms with Gasteiger partial charge in [-0.2, -0.15) is 0 Å². The molecule has 0 radical (unpaired) electrons. The molecule has 0 bridgehead atoms. The van der Waals surface area contributed by atoms with E-state index in [0.29, 0.717) is 112 Å². The van der Waals surface area contributed by atoms with Gasteiger partial charge in [-0.1, -0.05) is 6.92 Å². The first-order valence-electron chi connectivity index (χ1n) is 11.7. The summed E-state index contributed by atoms with van der Waals surface area (Å²) < 4.78 is 48.4. The number of hydrogen-bond donors (Lipinski definition) is 1. The predicted octanol–water partition coefficient (Wildman–Crippen LogP) is 0.927. The molecule has 32 heavy (non-hydrogen) atoms. The summed E-state index contributed by atoms with van der Waals surface area (Å²) in [7, 11) is 0. The topological polar surface area (TPSA) is 103 Å². The molecule has 1 N–H and O–H groups in total. The SMILES string of the molecule is CCC(C)OCCOCCOCCOCCOCCOCCOCCOCCOCCO. The van der Waals surface area contributed by atoms with E-state index in [-0.39, 0.29) is 12.7 Å². The van der Waals surface area contributed by atoms with Gasteiger partial charge in [0.1, 0.15) is 0 Å². The highest BCUT2D eigenvalue weighted by molar-refractivity contribution is 4.44. The van der Waals surface area contributed by atoms with Crippen LogP contribution < -0.4 is 0 Å². The van der Waals surface area contributed by atoms with Gasteiger partial charge in [-0.25, -0.2) is 0 Å². The highest BCUT2D eigenvalue weighted by Gasteiger charge is 1.98.